The van der Waals surface area contributed by atoms with Crippen molar-refractivity contribution in [2.24, 2.45) is 0 Å². The van der Waals surface area contributed by atoms with Crippen LogP contribution in [0.15, 0.2) is 29.2 Å². The van der Waals surface area contributed by atoms with Crippen LogP contribution in [-0.2, 0) is 16.6 Å². The molecule has 1 aromatic carbocycles. The minimum Gasteiger partial charge on any atom is -0.316 e. The third-order valence-electron chi connectivity index (χ3n) is 4.16. The molecule has 0 radical (unpaired) electrons. The van der Waals surface area contributed by atoms with Crippen molar-refractivity contribution in [3.8, 4) is 0 Å². The monoisotopic (exact) mass is 328 g/mol. The Morgan fingerprint density at radius 1 is 1.24 bits per heavy atom. The van der Waals surface area contributed by atoms with Crippen LogP contribution >= 0.6 is 11.8 Å². The molecule has 6 heteroatoms. The molecule has 0 spiro atoms. The van der Waals surface area contributed by atoms with Gasteiger partial charge in [-0.1, -0.05) is 31.0 Å². The number of rotatable bonds is 7. The maximum atomic E-state index is 12.6. The fourth-order valence-corrected chi connectivity index (χ4v) is 5.25. The SMILES string of the molecule is CNCc1ccccc1S(=O)(=O)NCC1(SC)CCCC1. The molecule has 1 fully saturated rings. The number of hydrogen-bond donors (Lipinski definition) is 2. The summed E-state index contributed by atoms with van der Waals surface area (Å²) in [6, 6.07) is 7.17. The van der Waals surface area contributed by atoms with Gasteiger partial charge < -0.3 is 5.32 Å². The van der Waals surface area contributed by atoms with Crippen LogP contribution in [-0.4, -0.2) is 33.0 Å². The predicted molar refractivity (Wildman–Crippen MR) is 89.1 cm³/mol. The molecule has 0 atom stereocenters. The summed E-state index contributed by atoms with van der Waals surface area (Å²) in [7, 11) is -1.63. The highest BCUT2D eigenvalue weighted by molar-refractivity contribution is 8.00. The van der Waals surface area contributed by atoms with E-state index in [0.29, 0.717) is 18.0 Å². The Morgan fingerprint density at radius 3 is 2.52 bits per heavy atom. The van der Waals surface area contributed by atoms with E-state index in [1.54, 1.807) is 23.9 Å². The lowest BCUT2D eigenvalue weighted by molar-refractivity contribution is 0.550. The molecule has 1 aliphatic carbocycles. The normalized spacial score (nSPS) is 18.0. The fourth-order valence-electron chi connectivity index (χ4n) is 2.88. The molecule has 0 aromatic heterocycles. The summed E-state index contributed by atoms with van der Waals surface area (Å²) in [4.78, 5) is 0.383. The molecular weight excluding hydrogens is 304 g/mol. The Bertz CT molecular complexity index is 567. The van der Waals surface area contributed by atoms with Crippen LogP contribution in [0.3, 0.4) is 0 Å². The molecule has 2 rings (SSSR count). The molecule has 1 aliphatic rings. The molecule has 1 aromatic rings. The number of thioether (sulfide) groups is 1. The maximum Gasteiger partial charge on any atom is 0.240 e. The van der Waals surface area contributed by atoms with Crippen LogP contribution in [0.25, 0.3) is 0 Å². The zero-order valence-corrected chi connectivity index (χ0v) is 14.3. The zero-order chi connectivity index (χ0) is 15.3. The largest absolute Gasteiger partial charge is 0.316 e. The van der Waals surface area contributed by atoms with Crippen LogP contribution in [0, 0.1) is 0 Å². The summed E-state index contributed by atoms with van der Waals surface area (Å²) in [6.07, 6.45) is 6.65. The van der Waals surface area contributed by atoms with E-state index in [0.717, 1.165) is 18.4 Å². The topological polar surface area (TPSA) is 58.2 Å². The van der Waals surface area contributed by atoms with Crippen molar-refractivity contribution in [1.82, 2.24) is 10.0 Å². The first kappa shape index (κ1) is 16.8. The second-order valence-electron chi connectivity index (χ2n) is 5.56. The van der Waals surface area contributed by atoms with Crippen molar-refractivity contribution in [3.63, 3.8) is 0 Å². The van der Waals surface area contributed by atoms with Gasteiger partial charge in [0, 0.05) is 17.8 Å². The Balaban J connectivity index is 2.15. The van der Waals surface area contributed by atoms with Gasteiger partial charge in [0.15, 0.2) is 0 Å². The van der Waals surface area contributed by atoms with E-state index in [1.165, 1.54) is 12.8 Å². The molecule has 0 heterocycles. The highest BCUT2D eigenvalue weighted by Gasteiger charge is 2.34. The van der Waals surface area contributed by atoms with Crippen molar-refractivity contribution in [1.29, 1.82) is 0 Å². The number of sulfonamides is 1. The van der Waals surface area contributed by atoms with Crippen LogP contribution in [0.1, 0.15) is 31.2 Å². The summed E-state index contributed by atoms with van der Waals surface area (Å²) >= 11 is 1.79. The van der Waals surface area contributed by atoms with Gasteiger partial charge in [0.25, 0.3) is 0 Å². The van der Waals surface area contributed by atoms with E-state index in [1.807, 2.05) is 19.2 Å². The molecule has 118 valence electrons. The zero-order valence-electron chi connectivity index (χ0n) is 12.7. The Kier molecular flexibility index (Phi) is 5.71. The molecule has 21 heavy (non-hydrogen) atoms. The highest BCUT2D eigenvalue weighted by atomic mass is 32.2. The quantitative estimate of drug-likeness (QED) is 0.807. The molecule has 2 N–H and O–H groups in total. The first-order valence-corrected chi connectivity index (χ1v) is 10.0. The van der Waals surface area contributed by atoms with Gasteiger partial charge in [-0.25, -0.2) is 13.1 Å². The standard InChI is InChI=1S/C15H24N2O2S2/c1-16-11-13-7-3-4-8-14(13)21(18,19)17-12-15(20-2)9-5-6-10-15/h3-4,7-8,16-17H,5-6,9-12H2,1-2H3. The Hall–Kier alpha value is -0.560. The predicted octanol–water partition coefficient (Wildman–Crippen LogP) is 2.36. The van der Waals surface area contributed by atoms with Crippen LogP contribution in [0.4, 0.5) is 0 Å². The van der Waals surface area contributed by atoms with Crippen LogP contribution < -0.4 is 10.0 Å². The molecule has 0 aliphatic heterocycles. The van der Waals surface area contributed by atoms with Crippen LogP contribution in [0.2, 0.25) is 0 Å². The molecule has 4 nitrogen and oxygen atoms in total. The summed E-state index contributed by atoms with van der Waals surface area (Å²) in [5, 5.41) is 3.02. The summed E-state index contributed by atoms with van der Waals surface area (Å²) in [5.74, 6) is 0. The average molecular weight is 329 g/mol. The van der Waals surface area contributed by atoms with Gasteiger partial charge in [-0.15, -0.1) is 0 Å². The minimum atomic E-state index is -3.45. The molecule has 0 bridgehead atoms. The van der Waals surface area contributed by atoms with E-state index < -0.39 is 10.0 Å². The van der Waals surface area contributed by atoms with Gasteiger partial charge in [-0.3, -0.25) is 0 Å². The molecule has 0 unspecified atom stereocenters. The van der Waals surface area contributed by atoms with Crippen molar-refractivity contribution in [2.75, 3.05) is 19.8 Å². The fraction of sp³-hybridized carbons (Fsp3) is 0.600. The third kappa shape index (κ3) is 4.00. The second-order valence-corrected chi connectivity index (χ2v) is 8.57. The maximum absolute atomic E-state index is 12.6. The van der Waals surface area contributed by atoms with Crippen molar-refractivity contribution in [3.05, 3.63) is 29.8 Å². The van der Waals surface area contributed by atoms with E-state index in [-0.39, 0.29) is 4.75 Å². The van der Waals surface area contributed by atoms with Gasteiger partial charge in [-0.05, 0) is 37.8 Å². The van der Waals surface area contributed by atoms with Gasteiger partial charge in [0.1, 0.15) is 0 Å². The number of nitrogens with one attached hydrogen (secondary N) is 2. The Labute approximate surface area is 132 Å². The Morgan fingerprint density at radius 2 is 1.90 bits per heavy atom. The van der Waals surface area contributed by atoms with E-state index in [2.05, 4.69) is 16.3 Å². The van der Waals surface area contributed by atoms with Crippen molar-refractivity contribution >= 4 is 21.8 Å². The highest BCUT2D eigenvalue weighted by Crippen LogP contribution is 2.39. The van der Waals surface area contributed by atoms with Gasteiger partial charge in [-0.2, -0.15) is 11.8 Å². The number of hydrogen-bond acceptors (Lipinski definition) is 4. The molecule has 1 saturated carbocycles. The lowest BCUT2D eigenvalue weighted by Gasteiger charge is -2.27. The molecule has 0 amide bonds. The summed E-state index contributed by atoms with van der Waals surface area (Å²) in [6.45, 7) is 1.06. The molecular formula is C15H24N2O2S2. The first-order chi connectivity index (χ1) is 10.0. The third-order valence-corrected chi connectivity index (χ3v) is 7.08. The lowest BCUT2D eigenvalue weighted by atomic mass is 10.1. The minimum absolute atomic E-state index is 0.0744. The van der Waals surface area contributed by atoms with Crippen molar-refractivity contribution in [2.45, 2.75) is 41.9 Å². The van der Waals surface area contributed by atoms with Gasteiger partial charge in [0.05, 0.1) is 4.90 Å². The van der Waals surface area contributed by atoms with Gasteiger partial charge in [0.2, 0.25) is 10.0 Å². The van der Waals surface area contributed by atoms with Crippen LogP contribution in [0.5, 0.6) is 0 Å². The first-order valence-electron chi connectivity index (χ1n) is 7.30. The lowest BCUT2D eigenvalue weighted by Crippen LogP contribution is -2.38. The molecule has 0 saturated heterocycles. The average Bonchev–Trinajstić information content (AvgIpc) is 2.96. The van der Waals surface area contributed by atoms with E-state index in [9.17, 15) is 8.42 Å². The van der Waals surface area contributed by atoms with E-state index >= 15 is 0 Å². The summed E-state index contributed by atoms with van der Waals surface area (Å²) in [5.41, 5.74) is 0.803. The van der Waals surface area contributed by atoms with Crippen molar-refractivity contribution < 1.29 is 8.42 Å². The summed E-state index contributed by atoms with van der Waals surface area (Å²) < 4.78 is 28.1. The van der Waals surface area contributed by atoms with Gasteiger partial charge >= 0.3 is 0 Å². The second kappa shape index (κ2) is 7.13. The smallest absolute Gasteiger partial charge is 0.240 e. The number of benzene rings is 1. The van der Waals surface area contributed by atoms with E-state index in [4.69, 9.17) is 0 Å².